The summed E-state index contributed by atoms with van der Waals surface area (Å²) in [5.74, 6) is 0.620. The van der Waals surface area contributed by atoms with Gasteiger partial charge in [-0.1, -0.05) is 48.6 Å². The highest BCUT2D eigenvalue weighted by atomic mass is 16.2. The Morgan fingerprint density at radius 1 is 1.00 bits per heavy atom. The van der Waals surface area contributed by atoms with Crippen molar-refractivity contribution in [2.24, 2.45) is 0 Å². The number of aromatic amines is 1. The number of H-pyrrole nitrogens is 1. The van der Waals surface area contributed by atoms with Crippen molar-refractivity contribution >= 4 is 0 Å². The maximum atomic E-state index is 8.97. The van der Waals surface area contributed by atoms with Crippen molar-refractivity contribution < 1.29 is 5.11 Å². The van der Waals surface area contributed by atoms with Gasteiger partial charge in [0.15, 0.2) is 0 Å². The summed E-state index contributed by atoms with van der Waals surface area (Å²) in [4.78, 5) is 0. The highest BCUT2D eigenvalue weighted by molar-refractivity contribution is 5.37. The first-order valence-corrected chi connectivity index (χ1v) is 6.92. The number of hydrogen-bond acceptors (Lipinski definition) is 2. The van der Waals surface area contributed by atoms with Crippen molar-refractivity contribution in [1.82, 2.24) is 10.2 Å². The van der Waals surface area contributed by atoms with Gasteiger partial charge >= 0.3 is 0 Å². The number of aromatic nitrogens is 2. The monoisotopic (exact) mass is 266 g/mol. The van der Waals surface area contributed by atoms with E-state index in [-0.39, 0.29) is 6.61 Å². The summed E-state index contributed by atoms with van der Waals surface area (Å²) in [6, 6.07) is 10.5. The Hall–Kier alpha value is -2.13. The second kappa shape index (κ2) is 5.88. The lowest BCUT2D eigenvalue weighted by molar-refractivity contribution is 0.299. The van der Waals surface area contributed by atoms with Gasteiger partial charge in [-0.3, -0.25) is 5.10 Å². The lowest BCUT2D eigenvalue weighted by atomic mass is 9.81. The van der Waals surface area contributed by atoms with Gasteiger partial charge in [-0.25, -0.2) is 0 Å². The molecule has 1 aromatic heterocycles. The van der Waals surface area contributed by atoms with E-state index in [4.69, 9.17) is 5.11 Å². The highest BCUT2D eigenvalue weighted by Gasteiger charge is 2.22. The van der Waals surface area contributed by atoms with Gasteiger partial charge in [0, 0.05) is 30.3 Å². The minimum atomic E-state index is 0.197. The summed E-state index contributed by atoms with van der Waals surface area (Å²) in [5.41, 5.74) is 3.59. The van der Waals surface area contributed by atoms with Crippen LogP contribution >= 0.6 is 0 Å². The predicted octanol–water partition coefficient (Wildman–Crippen LogP) is 2.94. The zero-order valence-electron chi connectivity index (χ0n) is 11.2. The number of rotatable bonds is 4. The molecule has 1 aliphatic rings. The van der Waals surface area contributed by atoms with Crippen LogP contribution in [0.4, 0.5) is 0 Å². The van der Waals surface area contributed by atoms with Gasteiger partial charge in [-0.05, 0) is 23.6 Å². The van der Waals surface area contributed by atoms with Crippen LogP contribution in [-0.2, 0) is 6.42 Å². The normalized spacial score (nSPS) is 21.2. The van der Waals surface area contributed by atoms with E-state index in [2.05, 4.69) is 58.8 Å². The first-order valence-electron chi connectivity index (χ1n) is 6.92. The van der Waals surface area contributed by atoms with Crippen molar-refractivity contribution in [3.8, 4) is 0 Å². The number of aliphatic hydroxyl groups is 1. The topological polar surface area (TPSA) is 48.9 Å². The van der Waals surface area contributed by atoms with E-state index in [0.717, 1.165) is 5.69 Å². The van der Waals surface area contributed by atoms with Crippen LogP contribution in [0.2, 0.25) is 0 Å². The van der Waals surface area contributed by atoms with Gasteiger partial charge < -0.3 is 5.11 Å². The van der Waals surface area contributed by atoms with Crippen LogP contribution in [0, 0.1) is 0 Å². The molecular weight excluding hydrogens is 248 g/mol. The average Bonchev–Trinajstić information content (AvgIpc) is 3.03. The van der Waals surface area contributed by atoms with E-state index in [1.165, 1.54) is 11.1 Å². The molecule has 0 bridgehead atoms. The minimum Gasteiger partial charge on any atom is -0.396 e. The molecule has 3 nitrogen and oxygen atoms in total. The van der Waals surface area contributed by atoms with Crippen molar-refractivity contribution in [3.05, 3.63) is 77.7 Å². The molecule has 2 atom stereocenters. The molecule has 0 saturated carbocycles. The molecule has 1 aromatic carbocycles. The lowest BCUT2D eigenvalue weighted by Crippen LogP contribution is -2.10. The van der Waals surface area contributed by atoms with Crippen molar-refractivity contribution in [1.29, 1.82) is 0 Å². The summed E-state index contributed by atoms with van der Waals surface area (Å²) < 4.78 is 0. The average molecular weight is 266 g/mol. The van der Waals surface area contributed by atoms with Crippen LogP contribution in [0.25, 0.3) is 0 Å². The third-order valence-corrected chi connectivity index (χ3v) is 3.78. The van der Waals surface area contributed by atoms with Crippen LogP contribution in [0.1, 0.15) is 28.7 Å². The van der Waals surface area contributed by atoms with Gasteiger partial charge in [0.25, 0.3) is 0 Å². The summed E-state index contributed by atoms with van der Waals surface area (Å²) in [5, 5.41) is 16.1. The zero-order chi connectivity index (χ0) is 13.8. The molecule has 20 heavy (non-hydrogen) atoms. The van der Waals surface area contributed by atoms with Gasteiger partial charge in [0.1, 0.15) is 0 Å². The fourth-order valence-corrected chi connectivity index (χ4v) is 2.71. The van der Waals surface area contributed by atoms with Crippen molar-refractivity contribution in [2.75, 3.05) is 6.61 Å². The predicted molar refractivity (Wildman–Crippen MR) is 79.6 cm³/mol. The van der Waals surface area contributed by atoms with E-state index in [1.54, 1.807) is 6.20 Å². The molecule has 2 unspecified atom stereocenters. The molecule has 0 aliphatic heterocycles. The summed E-state index contributed by atoms with van der Waals surface area (Å²) in [6.45, 7) is 0.197. The van der Waals surface area contributed by atoms with Crippen LogP contribution in [0.5, 0.6) is 0 Å². The number of hydrogen-bond donors (Lipinski definition) is 2. The van der Waals surface area contributed by atoms with Crippen LogP contribution in [0.15, 0.2) is 60.8 Å². The Morgan fingerprint density at radius 3 is 2.40 bits per heavy atom. The fourth-order valence-electron chi connectivity index (χ4n) is 2.71. The second-order valence-electron chi connectivity index (χ2n) is 5.05. The number of allylic oxidation sites excluding steroid dienone is 4. The zero-order valence-corrected chi connectivity index (χ0v) is 11.2. The molecule has 0 amide bonds. The number of nitrogens with one attached hydrogen (secondary N) is 1. The molecule has 1 heterocycles. The largest absolute Gasteiger partial charge is 0.396 e. The number of benzene rings is 1. The molecule has 102 valence electrons. The molecule has 0 spiro atoms. The van der Waals surface area contributed by atoms with Crippen molar-refractivity contribution in [3.63, 3.8) is 0 Å². The van der Waals surface area contributed by atoms with E-state index in [0.29, 0.717) is 18.3 Å². The van der Waals surface area contributed by atoms with Crippen molar-refractivity contribution in [2.45, 2.75) is 18.3 Å². The van der Waals surface area contributed by atoms with Crippen LogP contribution < -0.4 is 0 Å². The van der Waals surface area contributed by atoms with E-state index < -0.39 is 0 Å². The molecule has 1 aliphatic carbocycles. The Labute approximate surface area is 118 Å². The van der Waals surface area contributed by atoms with E-state index >= 15 is 0 Å². The molecule has 2 aromatic rings. The molecule has 3 heteroatoms. The molecule has 2 N–H and O–H groups in total. The standard InChI is InChI=1S/C17H18N2O/c20-12-10-13-5-7-14(8-6-13)15-3-1-2-4-16(15)17-9-11-18-19-17/h1-9,11,15-16,20H,10,12H2,(H,18,19). The Balaban J connectivity index is 1.87. The second-order valence-corrected chi connectivity index (χ2v) is 5.05. The number of aliphatic hydroxyl groups excluding tert-OH is 1. The summed E-state index contributed by atoms with van der Waals surface area (Å²) in [7, 11) is 0. The molecule has 3 rings (SSSR count). The van der Waals surface area contributed by atoms with Gasteiger partial charge in [0.2, 0.25) is 0 Å². The smallest absolute Gasteiger partial charge is 0.0490 e. The summed E-state index contributed by atoms with van der Waals surface area (Å²) >= 11 is 0. The van der Waals surface area contributed by atoms with Crippen LogP contribution in [0.3, 0.4) is 0 Å². The number of nitrogens with zero attached hydrogens (tertiary/aromatic N) is 1. The van der Waals surface area contributed by atoms with Gasteiger partial charge in [-0.15, -0.1) is 0 Å². The Bertz CT molecular complexity index is 596. The molecule has 0 fully saturated rings. The van der Waals surface area contributed by atoms with E-state index in [9.17, 15) is 0 Å². The van der Waals surface area contributed by atoms with Crippen LogP contribution in [-0.4, -0.2) is 21.9 Å². The SMILES string of the molecule is OCCc1ccc(C2C=CC=CC2c2ccn[nH]2)cc1. The highest BCUT2D eigenvalue weighted by Crippen LogP contribution is 2.36. The Kier molecular flexibility index (Phi) is 3.79. The lowest BCUT2D eigenvalue weighted by Gasteiger charge is -2.23. The third-order valence-electron chi connectivity index (χ3n) is 3.78. The third kappa shape index (κ3) is 2.58. The van der Waals surface area contributed by atoms with Gasteiger partial charge in [-0.2, -0.15) is 5.10 Å². The minimum absolute atomic E-state index is 0.197. The Morgan fingerprint density at radius 2 is 1.75 bits per heavy atom. The fraction of sp³-hybridized carbons (Fsp3) is 0.235. The first kappa shape index (κ1) is 12.9. The quantitative estimate of drug-likeness (QED) is 0.894. The maximum absolute atomic E-state index is 8.97. The maximum Gasteiger partial charge on any atom is 0.0490 e. The molecular formula is C17H18N2O. The molecule has 0 saturated heterocycles. The summed E-state index contributed by atoms with van der Waals surface area (Å²) in [6.07, 6.45) is 11.1. The van der Waals surface area contributed by atoms with E-state index in [1.807, 2.05) is 6.07 Å². The molecule has 0 radical (unpaired) electrons. The first-order chi connectivity index (χ1) is 9.88. The van der Waals surface area contributed by atoms with Gasteiger partial charge in [0.05, 0.1) is 0 Å².